The van der Waals surface area contributed by atoms with Crippen LogP contribution in [0.4, 0.5) is 0 Å². The molecular weight excluding hydrogens is 216 g/mol. The first kappa shape index (κ1) is 13.6. The minimum atomic E-state index is -0.778. The van der Waals surface area contributed by atoms with E-state index in [1.165, 1.54) is 0 Å². The lowest BCUT2D eigenvalue weighted by Gasteiger charge is -2.20. The van der Waals surface area contributed by atoms with Crippen LogP contribution in [0.5, 0.6) is 0 Å². The van der Waals surface area contributed by atoms with Gasteiger partial charge in [0.05, 0.1) is 0 Å². The van der Waals surface area contributed by atoms with Crippen LogP contribution in [0.15, 0.2) is 24.5 Å². The molecular formula is C13H20N2O2. The smallest absolute Gasteiger partial charge is 0.320 e. The summed E-state index contributed by atoms with van der Waals surface area (Å²) in [5, 5.41) is 12.3. The molecule has 0 spiro atoms. The first-order valence-corrected chi connectivity index (χ1v) is 6.04. The van der Waals surface area contributed by atoms with E-state index in [2.05, 4.69) is 17.2 Å². The Bertz CT molecular complexity index is 341. The summed E-state index contributed by atoms with van der Waals surface area (Å²) >= 11 is 0. The Kier molecular flexibility index (Phi) is 5.63. The van der Waals surface area contributed by atoms with E-state index in [-0.39, 0.29) is 6.04 Å². The Labute approximate surface area is 102 Å². The number of aliphatic carboxylic acids is 1. The standard InChI is InChI=1S/C13H20N2O2/c1-3-4-5-12(13(16)17)15-10(2)11-6-8-14-9-7-11/h6-10,12,15H,3-5H2,1-2H3,(H,16,17)/t10-,12?/m1/s1. The van der Waals surface area contributed by atoms with Crippen molar-refractivity contribution in [3.8, 4) is 0 Å². The molecule has 0 aliphatic heterocycles. The van der Waals surface area contributed by atoms with Crippen LogP contribution in [0.1, 0.15) is 44.7 Å². The average molecular weight is 236 g/mol. The van der Waals surface area contributed by atoms with Gasteiger partial charge in [-0.2, -0.15) is 0 Å². The molecule has 1 heterocycles. The Morgan fingerprint density at radius 2 is 2.12 bits per heavy atom. The van der Waals surface area contributed by atoms with Gasteiger partial charge in [-0.1, -0.05) is 19.8 Å². The van der Waals surface area contributed by atoms with Gasteiger partial charge in [-0.05, 0) is 31.0 Å². The number of carbonyl (C=O) groups is 1. The second-order valence-corrected chi connectivity index (χ2v) is 4.20. The largest absolute Gasteiger partial charge is 0.480 e. The number of carboxylic acids is 1. The molecule has 0 bridgehead atoms. The monoisotopic (exact) mass is 236 g/mol. The molecule has 0 saturated heterocycles. The third-order valence-electron chi connectivity index (χ3n) is 2.80. The van der Waals surface area contributed by atoms with E-state index in [9.17, 15) is 4.79 Å². The minimum Gasteiger partial charge on any atom is -0.480 e. The van der Waals surface area contributed by atoms with E-state index in [1.54, 1.807) is 12.4 Å². The van der Waals surface area contributed by atoms with Crippen molar-refractivity contribution in [2.24, 2.45) is 0 Å². The predicted molar refractivity (Wildman–Crippen MR) is 66.7 cm³/mol. The number of carboxylic acid groups (broad SMARTS) is 1. The summed E-state index contributed by atoms with van der Waals surface area (Å²) in [5.41, 5.74) is 1.06. The maximum absolute atomic E-state index is 11.1. The normalized spacial score (nSPS) is 14.2. The van der Waals surface area contributed by atoms with Crippen LogP contribution >= 0.6 is 0 Å². The summed E-state index contributed by atoms with van der Waals surface area (Å²) in [5.74, 6) is -0.778. The van der Waals surface area contributed by atoms with Gasteiger partial charge in [0.25, 0.3) is 0 Å². The third-order valence-corrected chi connectivity index (χ3v) is 2.80. The van der Waals surface area contributed by atoms with Crippen LogP contribution < -0.4 is 5.32 Å². The van der Waals surface area contributed by atoms with Crippen LogP contribution in [0, 0.1) is 0 Å². The van der Waals surface area contributed by atoms with Gasteiger partial charge in [0.2, 0.25) is 0 Å². The van der Waals surface area contributed by atoms with Gasteiger partial charge in [-0.25, -0.2) is 0 Å². The van der Waals surface area contributed by atoms with Crippen molar-refractivity contribution in [1.82, 2.24) is 10.3 Å². The number of nitrogens with one attached hydrogen (secondary N) is 1. The number of rotatable bonds is 7. The number of hydrogen-bond acceptors (Lipinski definition) is 3. The molecule has 0 aliphatic rings. The molecule has 94 valence electrons. The summed E-state index contributed by atoms with van der Waals surface area (Å²) in [7, 11) is 0. The van der Waals surface area contributed by atoms with E-state index in [0.717, 1.165) is 18.4 Å². The second kappa shape index (κ2) is 7.01. The lowest BCUT2D eigenvalue weighted by molar-refractivity contribution is -0.139. The van der Waals surface area contributed by atoms with Crippen molar-refractivity contribution in [1.29, 1.82) is 0 Å². The molecule has 0 aliphatic carbocycles. The highest BCUT2D eigenvalue weighted by Crippen LogP contribution is 2.13. The van der Waals surface area contributed by atoms with E-state index in [1.807, 2.05) is 19.1 Å². The van der Waals surface area contributed by atoms with Gasteiger partial charge in [-0.15, -0.1) is 0 Å². The second-order valence-electron chi connectivity index (χ2n) is 4.20. The molecule has 2 N–H and O–H groups in total. The van der Waals surface area contributed by atoms with Gasteiger partial charge in [0, 0.05) is 18.4 Å². The molecule has 1 unspecified atom stereocenters. The summed E-state index contributed by atoms with van der Waals surface area (Å²) < 4.78 is 0. The maximum atomic E-state index is 11.1. The zero-order chi connectivity index (χ0) is 12.7. The van der Waals surface area contributed by atoms with E-state index < -0.39 is 12.0 Å². The van der Waals surface area contributed by atoms with Gasteiger partial charge < -0.3 is 5.11 Å². The molecule has 2 atom stereocenters. The summed E-state index contributed by atoms with van der Waals surface area (Å²) in [6, 6.07) is 3.35. The van der Waals surface area contributed by atoms with Crippen molar-refractivity contribution in [3.05, 3.63) is 30.1 Å². The average Bonchev–Trinajstić information content (AvgIpc) is 2.35. The van der Waals surface area contributed by atoms with Crippen molar-refractivity contribution in [2.45, 2.75) is 45.2 Å². The SMILES string of the molecule is CCCCC(N[C@H](C)c1ccncc1)C(=O)O. The van der Waals surface area contributed by atoms with E-state index >= 15 is 0 Å². The zero-order valence-corrected chi connectivity index (χ0v) is 10.4. The number of hydrogen-bond donors (Lipinski definition) is 2. The van der Waals surface area contributed by atoms with Crippen molar-refractivity contribution in [2.75, 3.05) is 0 Å². The van der Waals surface area contributed by atoms with Crippen LogP contribution in [0.2, 0.25) is 0 Å². The van der Waals surface area contributed by atoms with Crippen LogP contribution in [-0.2, 0) is 4.79 Å². The Hall–Kier alpha value is -1.42. The molecule has 1 rings (SSSR count). The summed E-state index contributed by atoms with van der Waals surface area (Å²) in [6.45, 7) is 4.03. The van der Waals surface area contributed by atoms with Gasteiger partial charge in [-0.3, -0.25) is 15.1 Å². The molecule has 1 aromatic rings. The lowest BCUT2D eigenvalue weighted by Crippen LogP contribution is -2.38. The molecule has 0 amide bonds. The van der Waals surface area contributed by atoms with Gasteiger partial charge in [0.1, 0.15) is 6.04 Å². The van der Waals surface area contributed by atoms with E-state index in [4.69, 9.17) is 5.11 Å². The lowest BCUT2D eigenvalue weighted by atomic mass is 10.1. The molecule has 0 aromatic carbocycles. The first-order valence-electron chi connectivity index (χ1n) is 6.04. The fourth-order valence-electron chi connectivity index (χ4n) is 1.74. The van der Waals surface area contributed by atoms with Crippen molar-refractivity contribution in [3.63, 3.8) is 0 Å². The molecule has 0 fully saturated rings. The molecule has 1 aromatic heterocycles. The van der Waals surface area contributed by atoms with Crippen molar-refractivity contribution < 1.29 is 9.90 Å². The number of pyridine rings is 1. The first-order chi connectivity index (χ1) is 8.15. The molecule has 4 heteroatoms. The molecule has 17 heavy (non-hydrogen) atoms. The molecule has 0 saturated carbocycles. The van der Waals surface area contributed by atoms with Crippen LogP contribution in [0.25, 0.3) is 0 Å². The molecule has 0 radical (unpaired) electrons. The zero-order valence-electron chi connectivity index (χ0n) is 10.4. The highest BCUT2D eigenvalue weighted by atomic mass is 16.4. The highest BCUT2D eigenvalue weighted by Gasteiger charge is 2.19. The van der Waals surface area contributed by atoms with Crippen LogP contribution in [0.3, 0.4) is 0 Å². The number of aromatic nitrogens is 1. The summed E-state index contributed by atoms with van der Waals surface area (Å²) in [6.07, 6.45) is 6.04. The van der Waals surface area contributed by atoms with Gasteiger partial charge >= 0.3 is 5.97 Å². The topological polar surface area (TPSA) is 62.2 Å². The van der Waals surface area contributed by atoms with Gasteiger partial charge in [0.15, 0.2) is 0 Å². The maximum Gasteiger partial charge on any atom is 0.320 e. The number of unbranched alkanes of at least 4 members (excludes halogenated alkanes) is 1. The van der Waals surface area contributed by atoms with E-state index in [0.29, 0.717) is 6.42 Å². The Morgan fingerprint density at radius 1 is 1.47 bits per heavy atom. The van der Waals surface area contributed by atoms with Crippen molar-refractivity contribution >= 4 is 5.97 Å². The fourth-order valence-corrected chi connectivity index (χ4v) is 1.74. The predicted octanol–water partition coefficient (Wildman–Crippen LogP) is 2.38. The fraction of sp³-hybridized carbons (Fsp3) is 0.538. The molecule has 4 nitrogen and oxygen atoms in total. The number of nitrogens with zero attached hydrogens (tertiary/aromatic N) is 1. The quantitative estimate of drug-likeness (QED) is 0.763. The van der Waals surface area contributed by atoms with Crippen LogP contribution in [-0.4, -0.2) is 22.1 Å². The Balaban J connectivity index is 2.58. The summed E-state index contributed by atoms with van der Waals surface area (Å²) in [4.78, 5) is 15.0. The third kappa shape index (κ3) is 4.53. The minimum absolute atomic E-state index is 0.0240. The highest BCUT2D eigenvalue weighted by molar-refractivity contribution is 5.73. The Morgan fingerprint density at radius 3 is 2.65 bits per heavy atom.